The zero-order valence-corrected chi connectivity index (χ0v) is 12.8. The van der Waals surface area contributed by atoms with Crippen LogP contribution in [-0.4, -0.2) is 38.6 Å². The van der Waals surface area contributed by atoms with Crippen molar-refractivity contribution >= 4 is 10.0 Å². The topological polar surface area (TPSA) is 63.4 Å². The average molecular weight is 296 g/mol. The molecule has 1 fully saturated rings. The standard InChI is InChI=1S/C15H24N2O2S/c1-20(18,19)17-9-5-6-13(12-17)10-15(11-16)14-7-3-2-4-8-14/h2-4,7-8,13,15H,5-6,9-12,16H2,1H3. The molecule has 1 aliphatic rings. The highest BCUT2D eigenvalue weighted by molar-refractivity contribution is 7.88. The highest BCUT2D eigenvalue weighted by atomic mass is 32.2. The third kappa shape index (κ3) is 4.04. The molecule has 20 heavy (non-hydrogen) atoms. The van der Waals surface area contributed by atoms with E-state index in [2.05, 4.69) is 12.1 Å². The zero-order chi connectivity index (χ0) is 14.6. The van der Waals surface area contributed by atoms with Gasteiger partial charge in [0.05, 0.1) is 6.26 Å². The number of hydrogen-bond donors (Lipinski definition) is 1. The first kappa shape index (κ1) is 15.5. The minimum absolute atomic E-state index is 0.320. The summed E-state index contributed by atoms with van der Waals surface area (Å²) in [7, 11) is -3.06. The summed E-state index contributed by atoms with van der Waals surface area (Å²) in [5.41, 5.74) is 7.17. The molecule has 1 aromatic rings. The molecule has 1 heterocycles. The first-order chi connectivity index (χ1) is 9.50. The van der Waals surface area contributed by atoms with Crippen molar-refractivity contribution in [2.24, 2.45) is 11.7 Å². The molecule has 2 atom stereocenters. The van der Waals surface area contributed by atoms with Gasteiger partial charge in [-0.1, -0.05) is 30.3 Å². The number of rotatable bonds is 5. The Labute approximate surface area is 122 Å². The molecular weight excluding hydrogens is 272 g/mol. The van der Waals surface area contributed by atoms with Crippen LogP contribution in [0.25, 0.3) is 0 Å². The van der Waals surface area contributed by atoms with Gasteiger partial charge in [-0.2, -0.15) is 0 Å². The van der Waals surface area contributed by atoms with E-state index in [1.165, 1.54) is 11.8 Å². The molecular formula is C15H24N2O2S. The average Bonchev–Trinajstić information content (AvgIpc) is 2.45. The lowest BCUT2D eigenvalue weighted by atomic mass is 9.85. The van der Waals surface area contributed by atoms with E-state index in [-0.39, 0.29) is 0 Å². The molecule has 2 rings (SSSR count). The Balaban J connectivity index is 2.01. The minimum atomic E-state index is -3.06. The summed E-state index contributed by atoms with van der Waals surface area (Å²) < 4.78 is 24.9. The Morgan fingerprint density at radius 2 is 2.05 bits per heavy atom. The van der Waals surface area contributed by atoms with E-state index in [1.54, 1.807) is 4.31 Å². The van der Waals surface area contributed by atoms with Gasteiger partial charge >= 0.3 is 0 Å². The predicted octanol–water partition coefficient (Wildman–Crippen LogP) is 1.79. The van der Waals surface area contributed by atoms with Gasteiger partial charge in [0.15, 0.2) is 0 Å². The van der Waals surface area contributed by atoms with Crippen LogP contribution < -0.4 is 5.73 Å². The quantitative estimate of drug-likeness (QED) is 0.901. The van der Waals surface area contributed by atoms with Crippen LogP contribution in [0, 0.1) is 5.92 Å². The van der Waals surface area contributed by atoms with Crippen LogP contribution in [0.15, 0.2) is 30.3 Å². The third-order valence-electron chi connectivity index (χ3n) is 4.12. The smallest absolute Gasteiger partial charge is 0.211 e. The van der Waals surface area contributed by atoms with Gasteiger partial charge in [0.2, 0.25) is 10.0 Å². The summed E-state index contributed by atoms with van der Waals surface area (Å²) in [6, 6.07) is 10.3. The minimum Gasteiger partial charge on any atom is -0.330 e. The second-order valence-electron chi connectivity index (χ2n) is 5.71. The van der Waals surface area contributed by atoms with Gasteiger partial charge in [0.25, 0.3) is 0 Å². The molecule has 5 heteroatoms. The fourth-order valence-electron chi connectivity index (χ4n) is 3.02. The number of benzene rings is 1. The van der Waals surface area contributed by atoms with Gasteiger partial charge in [0.1, 0.15) is 0 Å². The van der Waals surface area contributed by atoms with Crippen LogP contribution in [0.2, 0.25) is 0 Å². The molecule has 0 spiro atoms. The Morgan fingerprint density at radius 3 is 2.65 bits per heavy atom. The predicted molar refractivity (Wildman–Crippen MR) is 82.0 cm³/mol. The Morgan fingerprint density at radius 1 is 1.35 bits per heavy atom. The maximum Gasteiger partial charge on any atom is 0.211 e. The molecule has 4 nitrogen and oxygen atoms in total. The molecule has 0 saturated carbocycles. The van der Waals surface area contributed by atoms with Gasteiger partial charge in [-0.05, 0) is 43.2 Å². The van der Waals surface area contributed by atoms with Gasteiger partial charge < -0.3 is 5.73 Å². The molecule has 1 aliphatic heterocycles. The lowest BCUT2D eigenvalue weighted by Crippen LogP contribution is -2.39. The van der Waals surface area contributed by atoms with Crippen molar-refractivity contribution in [1.82, 2.24) is 4.31 Å². The highest BCUT2D eigenvalue weighted by Gasteiger charge is 2.27. The van der Waals surface area contributed by atoms with E-state index in [4.69, 9.17) is 5.73 Å². The lowest BCUT2D eigenvalue weighted by molar-refractivity contribution is 0.247. The van der Waals surface area contributed by atoms with Gasteiger partial charge in [0, 0.05) is 13.1 Å². The summed E-state index contributed by atoms with van der Waals surface area (Å²) >= 11 is 0. The zero-order valence-electron chi connectivity index (χ0n) is 12.0. The van der Waals surface area contributed by atoms with Crippen LogP contribution in [0.3, 0.4) is 0 Å². The Kier molecular flexibility index (Phi) is 5.18. The summed E-state index contributed by atoms with van der Waals surface area (Å²) in [4.78, 5) is 0. The summed E-state index contributed by atoms with van der Waals surface area (Å²) in [5, 5.41) is 0. The van der Waals surface area contributed by atoms with Crippen LogP contribution in [0.4, 0.5) is 0 Å². The van der Waals surface area contributed by atoms with Crippen LogP contribution in [0.1, 0.15) is 30.7 Å². The van der Waals surface area contributed by atoms with Gasteiger partial charge in [-0.15, -0.1) is 0 Å². The molecule has 1 saturated heterocycles. The van der Waals surface area contributed by atoms with E-state index >= 15 is 0 Å². The maximum absolute atomic E-state index is 11.7. The van der Waals surface area contributed by atoms with Crippen molar-refractivity contribution < 1.29 is 8.42 Å². The number of piperidine rings is 1. The van der Waals surface area contributed by atoms with E-state index in [1.807, 2.05) is 18.2 Å². The summed E-state index contributed by atoms with van der Waals surface area (Å²) in [6.45, 7) is 1.91. The van der Waals surface area contributed by atoms with Crippen molar-refractivity contribution in [1.29, 1.82) is 0 Å². The molecule has 1 aromatic carbocycles. The van der Waals surface area contributed by atoms with Crippen molar-refractivity contribution in [2.45, 2.75) is 25.2 Å². The number of hydrogen-bond acceptors (Lipinski definition) is 3. The molecule has 2 unspecified atom stereocenters. The maximum atomic E-state index is 11.7. The highest BCUT2D eigenvalue weighted by Crippen LogP contribution is 2.29. The number of nitrogens with zero attached hydrogens (tertiary/aromatic N) is 1. The largest absolute Gasteiger partial charge is 0.330 e. The van der Waals surface area contributed by atoms with Crippen LogP contribution >= 0.6 is 0 Å². The van der Waals surface area contributed by atoms with Gasteiger partial charge in [-0.25, -0.2) is 12.7 Å². The van der Waals surface area contributed by atoms with E-state index < -0.39 is 10.0 Å². The van der Waals surface area contributed by atoms with E-state index in [0.717, 1.165) is 19.3 Å². The monoisotopic (exact) mass is 296 g/mol. The molecule has 0 amide bonds. The molecule has 2 N–H and O–H groups in total. The van der Waals surface area contributed by atoms with Crippen molar-refractivity contribution in [3.8, 4) is 0 Å². The second-order valence-corrected chi connectivity index (χ2v) is 7.69. The first-order valence-electron chi connectivity index (χ1n) is 7.21. The van der Waals surface area contributed by atoms with Crippen molar-refractivity contribution in [2.75, 3.05) is 25.9 Å². The van der Waals surface area contributed by atoms with Crippen molar-refractivity contribution in [3.63, 3.8) is 0 Å². The second kappa shape index (κ2) is 6.70. The first-order valence-corrected chi connectivity index (χ1v) is 9.05. The van der Waals surface area contributed by atoms with Crippen molar-refractivity contribution in [3.05, 3.63) is 35.9 Å². The molecule has 0 radical (unpaired) electrons. The third-order valence-corrected chi connectivity index (χ3v) is 5.39. The number of nitrogens with two attached hydrogens (primary N) is 1. The van der Waals surface area contributed by atoms with Crippen LogP contribution in [0.5, 0.6) is 0 Å². The normalized spacial score (nSPS) is 22.6. The number of sulfonamides is 1. The Hall–Kier alpha value is -0.910. The summed E-state index contributed by atoms with van der Waals surface area (Å²) in [5.74, 6) is 0.730. The van der Waals surface area contributed by atoms with E-state index in [9.17, 15) is 8.42 Å². The SMILES string of the molecule is CS(=O)(=O)N1CCCC(CC(CN)c2ccccc2)C1. The molecule has 0 aliphatic carbocycles. The lowest BCUT2D eigenvalue weighted by Gasteiger charge is -2.32. The fraction of sp³-hybridized carbons (Fsp3) is 0.600. The van der Waals surface area contributed by atoms with Gasteiger partial charge in [-0.3, -0.25) is 0 Å². The Bertz CT molecular complexity index is 516. The molecule has 112 valence electrons. The van der Waals surface area contributed by atoms with E-state index in [0.29, 0.717) is 31.5 Å². The molecule has 0 aromatic heterocycles. The summed E-state index contributed by atoms with van der Waals surface area (Å²) in [6.07, 6.45) is 4.30. The van der Waals surface area contributed by atoms with Crippen LogP contribution in [-0.2, 0) is 10.0 Å². The fourth-order valence-corrected chi connectivity index (χ4v) is 3.96. The molecule has 0 bridgehead atoms.